The second-order valence-corrected chi connectivity index (χ2v) is 5.00. The highest BCUT2D eigenvalue weighted by molar-refractivity contribution is 5.38. The lowest BCUT2D eigenvalue weighted by Gasteiger charge is -2.14. The van der Waals surface area contributed by atoms with Gasteiger partial charge in [-0.15, -0.1) is 0 Å². The SMILES string of the molecule is C=C(CNCC)COc1cc(C(C)C)ccc1C. The van der Waals surface area contributed by atoms with Crippen LogP contribution in [0.25, 0.3) is 0 Å². The smallest absolute Gasteiger partial charge is 0.122 e. The zero-order chi connectivity index (χ0) is 13.5. The van der Waals surface area contributed by atoms with Crippen LogP contribution in [0.5, 0.6) is 5.75 Å². The minimum Gasteiger partial charge on any atom is -0.489 e. The molecule has 0 bridgehead atoms. The standard InChI is InChI=1S/C16H25NO/c1-6-17-10-13(4)11-18-16-9-15(12(2)3)8-7-14(16)5/h7-9,12,17H,4,6,10-11H2,1-3,5H3. The number of benzene rings is 1. The van der Waals surface area contributed by atoms with E-state index in [0.717, 1.165) is 24.4 Å². The third-order valence-electron chi connectivity index (χ3n) is 2.94. The molecule has 2 heteroatoms. The molecule has 1 aromatic rings. The van der Waals surface area contributed by atoms with E-state index in [1.807, 2.05) is 0 Å². The van der Waals surface area contributed by atoms with E-state index in [2.05, 4.69) is 57.8 Å². The van der Waals surface area contributed by atoms with Crippen LogP contribution >= 0.6 is 0 Å². The summed E-state index contributed by atoms with van der Waals surface area (Å²) in [5, 5.41) is 3.25. The molecule has 0 aliphatic carbocycles. The van der Waals surface area contributed by atoms with Crippen molar-refractivity contribution in [3.05, 3.63) is 41.5 Å². The molecule has 0 saturated carbocycles. The summed E-state index contributed by atoms with van der Waals surface area (Å²) < 4.78 is 5.85. The van der Waals surface area contributed by atoms with Gasteiger partial charge < -0.3 is 10.1 Å². The third kappa shape index (κ3) is 4.53. The second kappa shape index (κ2) is 7.22. The molecule has 1 rings (SSSR count). The Morgan fingerprint density at radius 3 is 2.72 bits per heavy atom. The Hall–Kier alpha value is -1.28. The van der Waals surface area contributed by atoms with Crippen molar-refractivity contribution in [2.45, 2.75) is 33.6 Å². The molecule has 0 unspecified atom stereocenters. The Balaban J connectivity index is 2.61. The van der Waals surface area contributed by atoms with Crippen LogP contribution in [0.4, 0.5) is 0 Å². The molecule has 0 atom stereocenters. The van der Waals surface area contributed by atoms with Crippen LogP contribution in [0.2, 0.25) is 0 Å². The maximum Gasteiger partial charge on any atom is 0.122 e. The molecule has 100 valence electrons. The Bertz CT molecular complexity index is 396. The van der Waals surface area contributed by atoms with Crippen molar-refractivity contribution in [3.63, 3.8) is 0 Å². The lowest BCUT2D eigenvalue weighted by Crippen LogP contribution is -2.19. The Kier molecular flexibility index (Phi) is 5.93. The van der Waals surface area contributed by atoms with Crippen LogP contribution in [0.3, 0.4) is 0 Å². The minimum absolute atomic E-state index is 0.526. The number of hydrogen-bond donors (Lipinski definition) is 1. The minimum atomic E-state index is 0.526. The maximum absolute atomic E-state index is 5.85. The molecule has 0 fully saturated rings. The molecule has 1 N–H and O–H groups in total. The summed E-state index contributed by atoms with van der Waals surface area (Å²) in [6, 6.07) is 6.43. The molecule has 0 heterocycles. The highest BCUT2D eigenvalue weighted by Crippen LogP contribution is 2.24. The van der Waals surface area contributed by atoms with Gasteiger partial charge in [0.1, 0.15) is 12.4 Å². The predicted octanol–water partition coefficient (Wildman–Crippen LogP) is 3.66. The number of ether oxygens (including phenoxy) is 1. The first-order valence-corrected chi connectivity index (χ1v) is 6.65. The fourth-order valence-corrected chi connectivity index (χ4v) is 1.66. The van der Waals surface area contributed by atoms with E-state index < -0.39 is 0 Å². The van der Waals surface area contributed by atoms with E-state index in [4.69, 9.17) is 4.74 Å². The highest BCUT2D eigenvalue weighted by atomic mass is 16.5. The molecule has 0 aliphatic heterocycles. The number of likely N-dealkylation sites (N-methyl/N-ethyl adjacent to an activating group) is 1. The van der Waals surface area contributed by atoms with Crippen molar-refractivity contribution < 1.29 is 4.74 Å². The highest BCUT2D eigenvalue weighted by Gasteiger charge is 2.05. The van der Waals surface area contributed by atoms with Crippen LogP contribution in [0.15, 0.2) is 30.4 Å². The molecule has 2 nitrogen and oxygen atoms in total. The number of rotatable bonds is 7. The van der Waals surface area contributed by atoms with Gasteiger partial charge in [0, 0.05) is 6.54 Å². The van der Waals surface area contributed by atoms with E-state index in [-0.39, 0.29) is 0 Å². The van der Waals surface area contributed by atoms with Crippen molar-refractivity contribution in [2.75, 3.05) is 19.7 Å². The van der Waals surface area contributed by atoms with Crippen LogP contribution in [-0.4, -0.2) is 19.7 Å². The zero-order valence-electron chi connectivity index (χ0n) is 12.0. The summed E-state index contributed by atoms with van der Waals surface area (Å²) in [6.45, 7) is 14.9. The molecule has 0 aromatic heterocycles. The van der Waals surface area contributed by atoms with Gasteiger partial charge in [-0.3, -0.25) is 0 Å². The molecule has 0 aliphatic rings. The van der Waals surface area contributed by atoms with E-state index in [0.29, 0.717) is 12.5 Å². The quantitative estimate of drug-likeness (QED) is 0.742. The summed E-state index contributed by atoms with van der Waals surface area (Å²) >= 11 is 0. The van der Waals surface area contributed by atoms with Gasteiger partial charge in [-0.2, -0.15) is 0 Å². The molecule has 18 heavy (non-hydrogen) atoms. The summed E-state index contributed by atoms with van der Waals surface area (Å²) in [4.78, 5) is 0. The van der Waals surface area contributed by atoms with Crippen molar-refractivity contribution >= 4 is 0 Å². The molecule has 0 radical (unpaired) electrons. The van der Waals surface area contributed by atoms with Crippen molar-refractivity contribution in [1.82, 2.24) is 5.32 Å². The predicted molar refractivity (Wildman–Crippen MR) is 78.4 cm³/mol. The fourth-order valence-electron chi connectivity index (χ4n) is 1.66. The Morgan fingerprint density at radius 1 is 1.39 bits per heavy atom. The lowest BCUT2D eigenvalue weighted by molar-refractivity contribution is 0.345. The largest absolute Gasteiger partial charge is 0.489 e. The van der Waals surface area contributed by atoms with Gasteiger partial charge >= 0.3 is 0 Å². The van der Waals surface area contributed by atoms with Crippen LogP contribution < -0.4 is 10.1 Å². The maximum atomic E-state index is 5.85. The zero-order valence-corrected chi connectivity index (χ0v) is 12.0. The lowest BCUT2D eigenvalue weighted by atomic mass is 10.0. The molecule has 0 spiro atoms. The van der Waals surface area contributed by atoms with Gasteiger partial charge in [0.05, 0.1) is 0 Å². The first-order chi connectivity index (χ1) is 8.54. The van der Waals surface area contributed by atoms with E-state index >= 15 is 0 Å². The van der Waals surface area contributed by atoms with Crippen LogP contribution in [0.1, 0.15) is 37.8 Å². The molecular weight excluding hydrogens is 222 g/mol. The van der Waals surface area contributed by atoms with Gasteiger partial charge in [0.2, 0.25) is 0 Å². The molecule has 1 aromatic carbocycles. The first kappa shape index (κ1) is 14.8. The van der Waals surface area contributed by atoms with Gasteiger partial charge in [-0.1, -0.05) is 39.5 Å². The van der Waals surface area contributed by atoms with Crippen LogP contribution in [-0.2, 0) is 0 Å². The first-order valence-electron chi connectivity index (χ1n) is 6.65. The monoisotopic (exact) mass is 247 g/mol. The Morgan fingerprint density at radius 2 is 2.11 bits per heavy atom. The number of hydrogen-bond acceptors (Lipinski definition) is 2. The van der Waals surface area contributed by atoms with Gasteiger partial charge in [-0.05, 0) is 42.2 Å². The topological polar surface area (TPSA) is 21.3 Å². The third-order valence-corrected chi connectivity index (χ3v) is 2.94. The summed E-state index contributed by atoms with van der Waals surface area (Å²) in [6.07, 6.45) is 0. The summed E-state index contributed by atoms with van der Waals surface area (Å²) in [5.41, 5.74) is 3.56. The van der Waals surface area contributed by atoms with Crippen molar-refractivity contribution in [1.29, 1.82) is 0 Å². The van der Waals surface area contributed by atoms with E-state index in [1.165, 1.54) is 11.1 Å². The fraction of sp³-hybridized carbons (Fsp3) is 0.500. The van der Waals surface area contributed by atoms with Gasteiger partial charge in [0.15, 0.2) is 0 Å². The molecule has 0 saturated heterocycles. The van der Waals surface area contributed by atoms with E-state index in [1.54, 1.807) is 0 Å². The Labute approximate surface area is 111 Å². The normalized spacial score (nSPS) is 10.7. The second-order valence-electron chi connectivity index (χ2n) is 5.00. The van der Waals surface area contributed by atoms with Gasteiger partial charge in [-0.25, -0.2) is 0 Å². The average Bonchev–Trinajstić information content (AvgIpc) is 2.35. The van der Waals surface area contributed by atoms with Gasteiger partial charge in [0.25, 0.3) is 0 Å². The molecule has 0 amide bonds. The molecular formula is C16H25NO. The summed E-state index contributed by atoms with van der Waals surface area (Å²) in [5.74, 6) is 1.50. The van der Waals surface area contributed by atoms with E-state index in [9.17, 15) is 0 Å². The van der Waals surface area contributed by atoms with Crippen molar-refractivity contribution in [3.8, 4) is 5.75 Å². The van der Waals surface area contributed by atoms with Crippen LogP contribution in [0, 0.1) is 6.92 Å². The average molecular weight is 247 g/mol. The van der Waals surface area contributed by atoms with Crippen molar-refractivity contribution in [2.24, 2.45) is 0 Å². The number of aryl methyl sites for hydroxylation is 1. The number of nitrogens with one attached hydrogen (secondary N) is 1. The summed E-state index contributed by atoms with van der Waals surface area (Å²) in [7, 11) is 0.